The van der Waals surface area contributed by atoms with E-state index in [-0.39, 0.29) is 11.4 Å². The van der Waals surface area contributed by atoms with Crippen LogP contribution in [0.1, 0.15) is 12.8 Å². The third-order valence-electron chi connectivity index (χ3n) is 2.23. The monoisotopic (exact) mass is 126 g/mol. The third-order valence-corrected chi connectivity index (χ3v) is 2.23. The number of rotatable bonds is 0. The van der Waals surface area contributed by atoms with E-state index in [0.29, 0.717) is 0 Å². The fraction of sp³-hybridized carbons (Fsp3) is 0.833. The average molecular weight is 126 g/mol. The highest BCUT2D eigenvalue weighted by Crippen LogP contribution is 2.23. The Labute approximate surface area is 53.8 Å². The Bertz CT molecular complexity index is 149. The molecule has 1 amide bonds. The van der Waals surface area contributed by atoms with Gasteiger partial charge >= 0.3 is 0 Å². The molecule has 1 spiro atoms. The standard InChI is InChI=1S/C6H10N2O/c9-5-6(4-7-5)2-1-3-8-6/h8H,1-4H2,(H,7,9)/t6-/m0/s1. The van der Waals surface area contributed by atoms with Crippen molar-refractivity contribution in [1.82, 2.24) is 10.6 Å². The summed E-state index contributed by atoms with van der Waals surface area (Å²) < 4.78 is 0. The molecule has 0 saturated carbocycles. The number of amides is 1. The molecule has 2 aliphatic rings. The van der Waals surface area contributed by atoms with Crippen molar-refractivity contribution in [2.75, 3.05) is 13.1 Å². The third kappa shape index (κ3) is 0.525. The summed E-state index contributed by atoms with van der Waals surface area (Å²) in [5, 5.41) is 5.95. The van der Waals surface area contributed by atoms with Crippen molar-refractivity contribution in [3.8, 4) is 0 Å². The number of carbonyl (C=O) groups excluding carboxylic acids is 1. The van der Waals surface area contributed by atoms with E-state index in [1.807, 2.05) is 0 Å². The molecule has 0 aromatic rings. The van der Waals surface area contributed by atoms with Gasteiger partial charge in [0.1, 0.15) is 5.54 Å². The molecular formula is C6H10N2O. The zero-order valence-corrected chi connectivity index (χ0v) is 5.24. The van der Waals surface area contributed by atoms with Crippen LogP contribution in [-0.4, -0.2) is 24.5 Å². The van der Waals surface area contributed by atoms with Crippen LogP contribution >= 0.6 is 0 Å². The molecule has 0 aromatic heterocycles. The Morgan fingerprint density at radius 1 is 1.56 bits per heavy atom. The number of nitrogens with one attached hydrogen (secondary N) is 2. The fourth-order valence-electron chi connectivity index (χ4n) is 1.52. The predicted molar refractivity (Wildman–Crippen MR) is 33.0 cm³/mol. The highest BCUT2D eigenvalue weighted by molar-refractivity contribution is 5.92. The van der Waals surface area contributed by atoms with E-state index in [9.17, 15) is 4.79 Å². The van der Waals surface area contributed by atoms with E-state index in [4.69, 9.17) is 0 Å². The van der Waals surface area contributed by atoms with E-state index < -0.39 is 0 Å². The molecule has 3 heteroatoms. The summed E-state index contributed by atoms with van der Waals surface area (Å²) in [7, 11) is 0. The van der Waals surface area contributed by atoms with Crippen LogP contribution in [0.25, 0.3) is 0 Å². The first-order valence-corrected chi connectivity index (χ1v) is 3.37. The molecule has 2 aliphatic heterocycles. The minimum atomic E-state index is -0.125. The second kappa shape index (κ2) is 1.48. The minimum absolute atomic E-state index is 0.125. The lowest BCUT2D eigenvalue weighted by molar-refractivity contribution is -0.134. The van der Waals surface area contributed by atoms with Gasteiger partial charge in [-0.1, -0.05) is 0 Å². The smallest absolute Gasteiger partial charge is 0.242 e. The zero-order chi connectivity index (χ0) is 6.32. The Hall–Kier alpha value is -0.570. The lowest BCUT2D eigenvalue weighted by Gasteiger charge is -2.37. The summed E-state index contributed by atoms with van der Waals surface area (Å²) in [6.07, 6.45) is 2.17. The first kappa shape index (κ1) is 5.23. The second-order valence-corrected chi connectivity index (χ2v) is 2.80. The van der Waals surface area contributed by atoms with E-state index in [2.05, 4.69) is 10.6 Å². The second-order valence-electron chi connectivity index (χ2n) is 2.80. The van der Waals surface area contributed by atoms with Crippen molar-refractivity contribution in [1.29, 1.82) is 0 Å². The molecular weight excluding hydrogens is 116 g/mol. The van der Waals surface area contributed by atoms with Crippen LogP contribution in [0.3, 0.4) is 0 Å². The highest BCUT2D eigenvalue weighted by atomic mass is 16.2. The van der Waals surface area contributed by atoms with E-state index in [1.165, 1.54) is 0 Å². The van der Waals surface area contributed by atoms with Gasteiger partial charge in [0.2, 0.25) is 5.91 Å². The molecule has 2 N–H and O–H groups in total. The molecule has 9 heavy (non-hydrogen) atoms. The molecule has 0 bridgehead atoms. The van der Waals surface area contributed by atoms with Gasteiger partial charge in [-0.2, -0.15) is 0 Å². The van der Waals surface area contributed by atoms with E-state index in [0.717, 1.165) is 25.9 Å². The van der Waals surface area contributed by atoms with Gasteiger partial charge in [-0.05, 0) is 19.4 Å². The summed E-state index contributed by atoms with van der Waals surface area (Å²) in [5.74, 6) is 0.194. The maximum absolute atomic E-state index is 10.9. The van der Waals surface area contributed by atoms with Gasteiger partial charge in [-0.25, -0.2) is 0 Å². The first-order valence-electron chi connectivity index (χ1n) is 3.37. The maximum Gasteiger partial charge on any atom is 0.242 e. The molecule has 2 heterocycles. The fourth-order valence-corrected chi connectivity index (χ4v) is 1.52. The van der Waals surface area contributed by atoms with E-state index >= 15 is 0 Å². The Kier molecular flexibility index (Phi) is 0.858. The van der Waals surface area contributed by atoms with Crippen molar-refractivity contribution in [2.45, 2.75) is 18.4 Å². The van der Waals surface area contributed by atoms with Crippen molar-refractivity contribution in [2.24, 2.45) is 0 Å². The number of hydrogen-bond acceptors (Lipinski definition) is 2. The maximum atomic E-state index is 10.9. The van der Waals surface area contributed by atoms with Gasteiger partial charge in [-0.3, -0.25) is 4.79 Å². The highest BCUT2D eigenvalue weighted by Gasteiger charge is 2.47. The van der Waals surface area contributed by atoms with Gasteiger partial charge in [-0.15, -0.1) is 0 Å². The zero-order valence-electron chi connectivity index (χ0n) is 5.24. The van der Waals surface area contributed by atoms with Crippen LogP contribution < -0.4 is 10.6 Å². The van der Waals surface area contributed by atoms with Crippen LogP contribution in [0, 0.1) is 0 Å². The van der Waals surface area contributed by atoms with Crippen LogP contribution in [0.15, 0.2) is 0 Å². The van der Waals surface area contributed by atoms with Crippen LogP contribution in [0.2, 0.25) is 0 Å². The largest absolute Gasteiger partial charge is 0.352 e. The van der Waals surface area contributed by atoms with Crippen molar-refractivity contribution in [3.05, 3.63) is 0 Å². The van der Waals surface area contributed by atoms with Crippen molar-refractivity contribution in [3.63, 3.8) is 0 Å². The molecule has 2 fully saturated rings. The Morgan fingerprint density at radius 3 is 2.67 bits per heavy atom. The molecule has 0 aliphatic carbocycles. The quantitative estimate of drug-likeness (QED) is 0.419. The molecule has 0 unspecified atom stereocenters. The summed E-state index contributed by atoms with van der Waals surface area (Å²) in [5.41, 5.74) is -0.125. The summed E-state index contributed by atoms with van der Waals surface area (Å²) in [6, 6.07) is 0. The van der Waals surface area contributed by atoms with Gasteiger partial charge in [0.25, 0.3) is 0 Å². The van der Waals surface area contributed by atoms with Crippen LogP contribution in [-0.2, 0) is 4.79 Å². The first-order chi connectivity index (χ1) is 4.33. The average Bonchev–Trinajstić information content (AvgIpc) is 2.34. The molecule has 50 valence electrons. The minimum Gasteiger partial charge on any atom is -0.352 e. The predicted octanol–water partition coefficient (Wildman–Crippen LogP) is -0.762. The molecule has 2 rings (SSSR count). The van der Waals surface area contributed by atoms with Crippen molar-refractivity contribution >= 4 is 5.91 Å². The lowest BCUT2D eigenvalue weighted by atomic mass is 9.90. The molecule has 0 radical (unpaired) electrons. The Balaban J connectivity index is 2.14. The molecule has 0 aromatic carbocycles. The van der Waals surface area contributed by atoms with Crippen LogP contribution in [0.5, 0.6) is 0 Å². The van der Waals surface area contributed by atoms with Gasteiger partial charge in [0.05, 0.1) is 0 Å². The van der Waals surface area contributed by atoms with Crippen molar-refractivity contribution < 1.29 is 4.79 Å². The summed E-state index contributed by atoms with van der Waals surface area (Å²) in [4.78, 5) is 10.9. The van der Waals surface area contributed by atoms with Gasteiger partial charge in [0.15, 0.2) is 0 Å². The number of carbonyl (C=O) groups is 1. The number of β-lactam (4-membered cyclic amide) rings is 1. The molecule has 1 atom stereocenters. The van der Waals surface area contributed by atoms with Gasteiger partial charge < -0.3 is 10.6 Å². The normalized spacial score (nSPS) is 40.7. The molecule has 3 nitrogen and oxygen atoms in total. The SMILES string of the molecule is O=C1NC[C@@]12CCCN2. The lowest BCUT2D eigenvalue weighted by Crippen LogP contribution is -2.69. The summed E-state index contributed by atoms with van der Waals surface area (Å²) >= 11 is 0. The van der Waals surface area contributed by atoms with Gasteiger partial charge in [0, 0.05) is 6.54 Å². The topological polar surface area (TPSA) is 41.1 Å². The van der Waals surface area contributed by atoms with E-state index in [1.54, 1.807) is 0 Å². The Morgan fingerprint density at radius 2 is 2.44 bits per heavy atom. The summed E-state index contributed by atoms with van der Waals surface area (Å²) in [6.45, 7) is 1.85. The van der Waals surface area contributed by atoms with Crippen LogP contribution in [0.4, 0.5) is 0 Å². The molecule has 2 saturated heterocycles. The number of hydrogen-bond donors (Lipinski definition) is 2.